The van der Waals surface area contributed by atoms with Crippen LogP contribution in [-0.4, -0.2) is 0 Å². The zero-order valence-electron chi connectivity index (χ0n) is 16.4. The van der Waals surface area contributed by atoms with Gasteiger partial charge in [-0.2, -0.15) is 5.50 Å². The number of nitrogens with two attached hydrogens (primary N) is 1. The summed E-state index contributed by atoms with van der Waals surface area (Å²) in [5.41, 5.74) is 7.21. The molecule has 0 saturated heterocycles. The van der Waals surface area contributed by atoms with Crippen LogP contribution in [0.15, 0.2) is 121 Å². The van der Waals surface area contributed by atoms with Crippen LogP contribution in [0, 0.1) is 5.16 Å². The minimum atomic E-state index is -2.70. The van der Waals surface area contributed by atoms with Crippen LogP contribution in [0.3, 0.4) is 0 Å². The number of halogens is 1. The Balaban J connectivity index is 0.00000256. The van der Waals surface area contributed by atoms with Crippen LogP contribution in [0.1, 0.15) is 0 Å². The Morgan fingerprint density at radius 1 is 0.567 bits per heavy atom. The molecule has 0 fully saturated rings. The quantitative estimate of drug-likeness (QED) is 0.388. The van der Waals surface area contributed by atoms with Crippen molar-refractivity contribution in [1.29, 1.82) is 5.16 Å². The van der Waals surface area contributed by atoms with Gasteiger partial charge in [0.1, 0.15) is 17.8 Å². The van der Waals surface area contributed by atoms with E-state index in [1.165, 1.54) is 0 Å². The van der Waals surface area contributed by atoms with Gasteiger partial charge in [0.15, 0.2) is 0 Å². The molecule has 0 heterocycles. The van der Waals surface area contributed by atoms with Crippen molar-refractivity contribution in [3.05, 3.63) is 121 Å². The number of hydrogen-bond acceptors (Lipinski definition) is 2. The molecule has 0 saturated carbocycles. The summed E-state index contributed by atoms with van der Waals surface area (Å²) >= 11 is 0. The molecule has 0 aliphatic rings. The van der Waals surface area contributed by atoms with E-state index >= 15 is 0 Å². The second-order valence-corrected chi connectivity index (χ2v) is 12.5. The maximum atomic E-state index is 9.70. The van der Waals surface area contributed by atoms with E-state index in [0.29, 0.717) is 0 Å². The second-order valence-electron chi connectivity index (χ2n) is 6.84. The summed E-state index contributed by atoms with van der Waals surface area (Å²) in [7, 11) is -5.22. The van der Waals surface area contributed by atoms with Crippen LogP contribution < -0.4 is 44.0 Å². The first-order valence-electron chi connectivity index (χ1n) is 9.47. The van der Waals surface area contributed by atoms with Crippen molar-refractivity contribution in [2.24, 2.45) is 5.50 Å². The molecule has 152 valence electrons. The summed E-state index contributed by atoms with van der Waals surface area (Å²) in [5.74, 6) is 0. The SMILES string of the molecule is N=P(N[P+](N)(c1ccccc1)c1ccccc1)(c1ccccc1)c1ccccc1.[Cl-]. The third-order valence-corrected chi connectivity index (χ3v) is 11.8. The molecular formula is C24H24ClN3P2. The van der Waals surface area contributed by atoms with Gasteiger partial charge in [0.2, 0.25) is 7.56 Å². The van der Waals surface area contributed by atoms with Crippen molar-refractivity contribution >= 4 is 36.0 Å². The molecule has 0 bridgehead atoms. The molecule has 4 aromatic carbocycles. The molecule has 4 rings (SSSR count). The molecular weight excluding hydrogens is 428 g/mol. The lowest BCUT2D eigenvalue weighted by atomic mass is 10.4. The second kappa shape index (κ2) is 9.71. The van der Waals surface area contributed by atoms with Gasteiger partial charge in [0.25, 0.3) is 0 Å². The van der Waals surface area contributed by atoms with Crippen LogP contribution in [0.4, 0.5) is 0 Å². The molecule has 4 aromatic rings. The summed E-state index contributed by atoms with van der Waals surface area (Å²) in [6, 6.07) is 40.3. The van der Waals surface area contributed by atoms with Crippen molar-refractivity contribution in [3.8, 4) is 0 Å². The third kappa shape index (κ3) is 4.42. The van der Waals surface area contributed by atoms with Gasteiger partial charge < -0.3 is 12.4 Å². The predicted octanol–water partition coefficient (Wildman–Crippen LogP) is 1.38. The van der Waals surface area contributed by atoms with Gasteiger partial charge in [0, 0.05) is 10.6 Å². The van der Waals surface area contributed by atoms with E-state index in [9.17, 15) is 5.16 Å². The molecule has 0 spiro atoms. The van der Waals surface area contributed by atoms with Crippen molar-refractivity contribution < 1.29 is 12.4 Å². The van der Waals surface area contributed by atoms with Gasteiger partial charge in [-0.05, 0) is 24.3 Å². The average Bonchev–Trinajstić information content (AvgIpc) is 2.81. The Morgan fingerprint density at radius 2 is 0.867 bits per heavy atom. The van der Waals surface area contributed by atoms with Gasteiger partial charge in [-0.25, -0.2) is 0 Å². The molecule has 0 aromatic heterocycles. The summed E-state index contributed by atoms with van der Waals surface area (Å²) in [4.78, 5) is 3.74. The van der Waals surface area contributed by atoms with Crippen LogP contribution in [0.5, 0.6) is 0 Å². The fourth-order valence-corrected chi connectivity index (χ4v) is 10.3. The van der Waals surface area contributed by atoms with Gasteiger partial charge in [-0.1, -0.05) is 97.1 Å². The first kappa shape index (κ1) is 22.4. The van der Waals surface area contributed by atoms with Crippen molar-refractivity contribution in [2.75, 3.05) is 0 Å². The lowest BCUT2D eigenvalue weighted by molar-refractivity contribution is -0.00000618. The number of hydrogen-bond donors (Lipinski definition) is 3. The Kier molecular flexibility index (Phi) is 7.26. The summed E-state index contributed by atoms with van der Waals surface area (Å²) in [5, 5.41) is 13.7. The van der Waals surface area contributed by atoms with Gasteiger partial charge in [-0.3, -0.25) is 5.16 Å². The lowest BCUT2D eigenvalue weighted by Crippen LogP contribution is -3.00. The Bertz CT molecular complexity index is 1030. The third-order valence-electron chi connectivity index (χ3n) is 4.92. The molecule has 0 amide bonds. The zero-order valence-corrected chi connectivity index (χ0v) is 18.9. The van der Waals surface area contributed by atoms with Crippen LogP contribution in [0.2, 0.25) is 0 Å². The van der Waals surface area contributed by atoms with Crippen molar-refractivity contribution in [1.82, 2.24) is 4.86 Å². The first-order valence-corrected chi connectivity index (χ1v) is 13.1. The number of rotatable bonds is 6. The zero-order chi connectivity index (χ0) is 20.2. The van der Waals surface area contributed by atoms with Crippen molar-refractivity contribution in [3.63, 3.8) is 0 Å². The highest BCUT2D eigenvalue weighted by Crippen LogP contribution is 2.55. The summed E-state index contributed by atoms with van der Waals surface area (Å²) in [6.45, 7) is 0. The monoisotopic (exact) mass is 451 g/mol. The molecule has 4 N–H and O–H groups in total. The Labute approximate surface area is 185 Å². The highest BCUT2D eigenvalue weighted by atomic mass is 35.5. The Morgan fingerprint density at radius 3 is 1.20 bits per heavy atom. The van der Waals surface area contributed by atoms with E-state index in [1.807, 2.05) is 97.1 Å². The van der Waals surface area contributed by atoms with Crippen LogP contribution >= 0.6 is 14.8 Å². The summed E-state index contributed by atoms with van der Waals surface area (Å²) < 4.78 is 0. The van der Waals surface area contributed by atoms with Gasteiger partial charge >= 0.3 is 0 Å². The highest BCUT2D eigenvalue weighted by molar-refractivity contribution is 7.96. The average molecular weight is 452 g/mol. The Hall–Kier alpha value is -2.25. The van der Waals surface area contributed by atoms with E-state index in [1.54, 1.807) is 0 Å². The standard InChI is InChI=1S/C24H24N3P2.ClH/c25-28(21-13-5-1-6-14-21,22-15-7-2-8-16-22)27-29(26,23-17-9-3-10-18-23)24-19-11-4-12-20-24;/h1-20H,25H2,(H2,26,27);1H/q+1;/p-1. The maximum absolute atomic E-state index is 9.70. The number of benzene rings is 4. The van der Waals surface area contributed by atoms with E-state index in [0.717, 1.165) is 21.2 Å². The predicted molar refractivity (Wildman–Crippen MR) is 128 cm³/mol. The molecule has 3 nitrogen and oxygen atoms in total. The molecule has 6 heteroatoms. The molecule has 0 radical (unpaired) electrons. The number of nitrogens with one attached hydrogen (secondary N) is 2. The largest absolute Gasteiger partial charge is 1.00 e. The normalized spacial score (nSPS) is 11.5. The molecule has 0 aliphatic heterocycles. The van der Waals surface area contributed by atoms with E-state index in [4.69, 9.17) is 5.50 Å². The fraction of sp³-hybridized carbons (Fsp3) is 0. The van der Waals surface area contributed by atoms with E-state index < -0.39 is 14.8 Å². The molecule has 30 heavy (non-hydrogen) atoms. The fourth-order valence-electron chi connectivity index (χ4n) is 3.40. The van der Waals surface area contributed by atoms with Gasteiger partial charge in [-0.15, -0.1) is 4.86 Å². The smallest absolute Gasteiger partial charge is 0.216 e. The highest BCUT2D eigenvalue weighted by Gasteiger charge is 2.44. The van der Waals surface area contributed by atoms with Crippen LogP contribution in [-0.2, 0) is 0 Å². The summed E-state index contributed by atoms with van der Waals surface area (Å²) in [6.07, 6.45) is 0. The van der Waals surface area contributed by atoms with E-state index in [2.05, 4.69) is 29.1 Å². The van der Waals surface area contributed by atoms with Crippen molar-refractivity contribution in [2.45, 2.75) is 0 Å². The molecule has 0 atom stereocenters. The van der Waals surface area contributed by atoms with Crippen LogP contribution in [0.25, 0.3) is 0 Å². The topological polar surface area (TPSA) is 61.9 Å². The minimum Gasteiger partial charge on any atom is -1.00 e. The first-order chi connectivity index (χ1) is 14.1. The van der Waals surface area contributed by atoms with Gasteiger partial charge in [0.05, 0.1) is 0 Å². The minimum absolute atomic E-state index is 0. The lowest BCUT2D eigenvalue weighted by Gasteiger charge is -2.31. The molecule has 0 unspecified atom stereocenters. The maximum Gasteiger partial charge on any atom is 0.216 e. The molecule has 0 aliphatic carbocycles. The van der Waals surface area contributed by atoms with E-state index in [-0.39, 0.29) is 12.4 Å².